The van der Waals surface area contributed by atoms with E-state index in [-0.39, 0.29) is 11.3 Å². The number of hydrogen-bond acceptors (Lipinski definition) is 4. The molecule has 1 fully saturated rings. The van der Waals surface area contributed by atoms with Crippen LogP contribution < -0.4 is 10.3 Å². The maximum absolute atomic E-state index is 12.1. The van der Waals surface area contributed by atoms with Gasteiger partial charge in [-0.05, 0) is 63.5 Å². The summed E-state index contributed by atoms with van der Waals surface area (Å²) >= 11 is 5.32. The molecule has 0 atom stereocenters. The van der Waals surface area contributed by atoms with Crippen molar-refractivity contribution in [1.82, 2.24) is 9.97 Å². The number of ether oxygens (including phenoxy) is 1. The second-order valence-corrected chi connectivity index (χ2v) is 6.83. The van der Waals surface area contributed by atoms with E-state index in [2.05, 4.69) is 25.9 Å². The minimum absolute atomic E-state index is 0.0246. The third-order valence-electron chi connectivity index (χ3n) is 3.37. The first-order chi connectivity index (χ1) is 10.0. The van der Waals surface area contributed by atoms with Crippen molar-refractivity contribution in [3.63, 3.8) is 0 Å². The molecule has 0 amide bonds. The Morgan fingerprint density at radius 1 is 1.48 bits per heavy atom. The second-order valence-electron chi connectivity index (χ2n) is 4.90. The standard InChI is InChI=1S/C14H12BrIN2O3/c1-21-9-5-7(4-8(15)12(9)19)13-17-11(6-2-3-6)10(16)14(20)18-13/h4-6,19H,2-3H2,1H3,(H,17,18,20). The summed E-state index contributed by atoms with van der Waals surface area (Å²) in [6.07, 6.45) is 2.16. The van der Waals surface area contributed by atoms with Gasteiger partial charge in [0.15, 0.2) is 11.5 Å². The number of nitrogens with one attached hydrogen (secondary N) is 1. The Bertz CT molecular complexity index is 772. The van der Waals surface area contributed by atoms with Crippen LogP contribution in [0.1, 0.15) is 24.5 Å². The van der Waals surface area contributed by atoms with Gasteiger partial charge in [0.2, 0.25) is 0 Å². The Morgan fingerprint density at radius 3 is 2.81 bits per heavy atom. The van der Waals surface area contributed by atoms with E-state index in [4.69, 9.17) is 4.74 Å². The van der Waals surface area contributed by atoms with Crippen molar-refractivity contribution in [1.29, 1.82) is 0 Å². The molecule has 1 aliphatic carbocycles. The summed E-state index contributed by atoms with van der Waals surface area (Å²) in [4.78, 5) is 19.4. The average Bonchev–Trinajstić information content (AvgIpc) is 3.29. The first-order valence-electron chi connectivity index (χ1n) is 6.38. The molecule has 0 radical (unpaired) electrons. The molecular formula is C14H12BrIN2O3. The Balaban J connectivity index is 2.16. The number of H-pyrrole nitrogens is 1. The predicted molar refractivity (Wildman–Crippen MR) is 90.9 cm³/mol. The zero-order chi connectivity index (χ0) is 15.1. The minimum atomic E-state index is -0.134. The van der Waals surface area contributed by atoms with Crippen molar-refractivity contribution >= 4 is 38.5 Å². The van der Waals surface area contributed by atoms with Crippen LogP contribution in [-0.4, -0.2) is 22.2 Å². The summed E-state index contributed by atoms with van der Waals surface area (Å²) in [6, 6.07) is 3.36. The fourth-order valence-corrected chi connectivity index (χ4v) is 3.24. The van der Waals surface area contributed by atoms with E-state index in [1.165, 1.54) is 7.11 Å². The van der Waals surface area contributed by atoms with Crippen LogP contribution in [0, 0.1) is 3.57 Å². The van der Waals surface area contributed by atoms with Crippen molar-refractivity contribution in [3.05, 3.63) is 36.2 Å². The number of phenolic OH excluding ortho intramolecular Hbond substituents is 1. The van der Waals surface area contributed by atoms with E-state index in [0.29, 0.717) is 31.1 Å². The Kier molecular flexibility index (Phi) is 3.96. The summed E-state index contributed by atoms with van der Waals surface area (Å²) in [6.45, 7) is 0. The van der Waals surface area contributed by atoms with Gasteiger partial charge < -0.3 is 14.8 Å². The van der Waals surface area contributed by atoms with E-state index in [0.717, 1.165) is 18.5 Å². The number of aromatic hydroxyl groups is 1. The molecule has 1 aromatic heterocycles. The molecule has 110 valence electrons. The van der Waals surface area contributed by atoms with Gasteiger partial charge >= 0.3 is 0 Å². The van der Waals surface area contributed by atoms with Crippen molar-refractivity contribution in [2.24, 2.45) is 0 Å². The first kappa shape index (κ1) is 14.8. The smallest absolute Gasteiger partial charge is 0.264 e. The summed E-state index contributed by atoms with van der Waals surface area (Å²) in [7, 11) is 1.48. The molecule has 0 bridgehead atoms. The van der Waals surface area contributed by atoms with Crippen LogP contribution in [0.15, 0.2) is 21.4 Å². The van der Waals surface area contributed by atoms with Crippen LogP contribution in [0.4, 0.5) is 0 Å². The molecule has 2 N–H and O–H groups in total. The van der Waals surface area contributed by atoms with Gasteiger partial charge in [0, 0.05) is 11.5 Å². The number of aromatic amines is 1. The summed E-state index contributed by atoms with van der Waals surface area (Å²) < 4.78 is 6.28. The van der Waals surface area contributed by atoms with Gasteiger partial charge in [0.1, 0.15) is 5.82 Å². The van der Waals surface area contributed by atoms with Crippen LogP contribution in [-0.2, 0) is 0 Å². The van der Waals surface area contributed by atoms with Gasteiger partial charge in [-0.25, -0.2) is 4.98 Å². The minimum Gasteiger partial charge on any atom is -0.503 e. The van der Waals surface area contributed by atoms with E-state index < -0.39 is 0 Å². The normalized spacial score (nSPS) is 14.2. The van der Waals surface area contributed by atoms with Gasteiger partial charge in [0.25, 0.3) is 5.56 Å². The number of rotatable bonds is 3. The Labute approximate surface area is 143 Å². The topological polar surface area (TPSA) is 75.2 Å². The van der Waals surface area contributed by atoms with Crippen LogP contribution in [0.5, 0.6) is 11.5 Å². The summed E-state index contributed by atoms with van der Waals surface area (Å²) in [5.41, 5.74) is 1.41. The predicted octanol–water partition coefficient (Wildman–Crippen LogP) is 3.40. The number of halogens is 2. The van der Waals surface area contributed by atoms with Gasteiger partial charge in [-0.15, -0.1) is 0 Å². The van der Waals surface area contributed by atoms with Crippen LogP contribution >= 0.6 is 38.5 Å². The number of methoxy groups -OCH3 is 1. The first-order valence-corrected chi connectivity index (χ1v) is 8.25. The molecule has 0 aliphatic heterocycles. The van der Waals surface area contributed by atoms with Crippen LogP contribution in [0.25, 0.3) is 11.4 Å². The maximum Gasteiger partial charge on any atom is 0.264 e. The summed E-state index contributed by atoms with van der Waals surface area (Å²) in [5, 5.41) is 9.86. The average molecular weight is 463 g/mol. The monoisotopic (exact) mass is 462 g/mol. The van der Waals surface area contributed by atoms with Gasteiger partial charge in [-0.2, -0.15) is 0 Å². The lowest BCUT2D eigenvalue weighted by molar-refractivity contribution is 0.372. The molecule has 0 spiro atoms. The molecule has 1 heterocycles. The number of phenols is 1. The third kappa shape index (κ3) is 2.80. The highest BCUT2D eigenvalue weighted by Crippen LogP contribution is 2.41. The highest BCUT2D eigenvalue weighted by atomic mass is 127. The van der Waals surface area contributed by atoms with E-state index >= 15 is 0 Å². The third-order valence-corrected chi connectivity index (χ3v) is 5.02. The maximum atomic E-state index is 12.1. The van der Waals surface area contributed by atoms with Crippen LogP contribution in [0.3, 0.4) is 0 Å². The molecule has 1 saturated carbocycles. The Hall–Kier alpha value is -1.09. The number of nitrogens with zero attached hydrogens (tertiary/aromatic N) is 1. The molecule has 2 aromatic rings. The zero-order valence-electron chi connectivity index (χ0n) is 11.1. The highest BCUT2D eigenvalue weighted by Gasteiger charge is 2.29. The largest absolute Gasteiger partial charge is 0.503 e. The molecule has 0 unspecified atom stereocenters. The van der Waals surface area contributed by atoms with E-state index in [9.17, 15) is 9.90 Å². The molecule has 7 heteroatoms. The SMILES string of the molecule is COc1cc(-c2nc(C3CC3)c(I)c(=O)[nH]2)cc(Br)c1O. The highest BCUT2D eigenvalue weighted by molar-refractivity contribution is 14.1. The van der Waals surface area contributed by atoms with Crippen molar-refractivity contribution < 1.29 is 9.84 Å². The van der Waals surface area contributed by atoms with Gasteiger partial charge in [0.05, 0.1) is 20.8 Å². The molecule has 21 heavy (non-hydrogen) atoms. The molecule has 1 aliphatic rings. The quantitative estimate of drug-likeness (QED) is 0.685. The fourth-order valence-electron chi connectivity index (χ4n) is 2.11. The zero-order valence-corrected chi connectivity index (χ0v) is 14.9. The van der Waals surface area contributed by atoms with Crippen molar-refractivity contribution in [3.8, 4) is 22.9 Å². The number of benzene rings is 1. The lowest BCUT2D eigenvalue weighted by Gasteiger charge is -2.10. The molecule has 1 aromatic carbocycles. The Morgan fingerprint density at radius 2 is 2.19 bits per heavy atom. The molecule has 0 saturated heterocycles. The molecular weight excluding hydrogens is 451 g/mol. The van der Waals surface area contributed by atoms with Crippen molar-refractivity contribution in [2.75, 3.05) is 7.11 Å². The van der Waals surface area contributed by atoms with E-state index in [1.807, 2.05) is 22.6 Å². The van der Waals surface area contributed by atoms with E-state index in [1.54, 1.807) is 12.1 Å². The van der Waals surface area contributed by atoms with Crippen molar-refractivity contribution in [2.45, 2.75) is 18.8 Å². The fraction of sp³-hybridized carbons (Fsp3) is 0.286. The summed E-state index contributed by atoms with van der Waals surface area (Å²) in [5.74, 6) is 1.23. The molecule has 3 rings (SSSR count). The van der Waals surface area contributed by atoms with Gasteiger partial charge in [-0.1, -0.05) is 0 Å². The molecule has 5 nitrogen and oxygen atoms in total. The lowest BCUT2D eigenvalue weighted by Crippen LogP contribution is -2.16. The second kappa shape index (κ2) is 5.60. The number of aromatic nitrogens is 2. The number of hydrogen-bond donors (Lipinski definition) is 2. The van der Waals surface area contributed by atoms with Crippen LogP contribution in [0.2, 0.25) is 0 Å². The van der Waals surface area contributed by atoms with Gasteiger partial charge in [-0.3, -0.25) is 4.79 Å². The lowest BCUT2D eigenvalue weighted by atomic mass is 10.1.